The summed E-state index contributed by atoms with van der Waals surface area (Å²) in [5, 5.41) is 3.13. The molecule has 0 atom stereocenters. The number of carbonyl (C=O) groups is 3. The van der Waals surface area contributed by atoms with E-state index in [0.717, 1.165) is 6.92 Å². The van der Waals surface area contributed by atoms with Gasteiger partial charge in [0.15, 0.2) is 0 Å². The van der Waals surface area contributed by atoms with Gasteiger partial charge in [-0.25, -0.2) is 17.9 Å². The largest absolute Gasteiger partial charge is 0.325 e. The Morgan fingerprint density at radius 2 is 1.80 bits per heavy atom. The van der Waals surface area contributed by atoms with Gasteiger partial charge in [-0.1, -0.05) is 17.7 Å². The maximum atomic E-state index is 12.6. The molecule has 0 saturated carbocycles. The normalized spacial score (nSPS) is 14.0. The van der Waals surface area contributed by atoms with Gasteiger partial charge in [0.2, 0.25) is 11.8 Å². The number of nitrogens with one attached hydrogen (secondary N) is 2. The summed E-state index contributed by atoms with van der Waals surface area (Å²) in [7, 11) is -3.95. The summed E-state index contributed by atoms with van der Waals surface area (Å²) in [4.78, 5) is 38.7. The molecule has 4 amide bonds. The number of sulfonamides is 1. The van der Waals surface area contributed by atoms with Crippen molar-refractivity contribution in [1.82, 2.24) is 9.62 Å². The predicted octanol–water partition coefficient (Wildman–Crippen LogP) is 2.05. The van der Waals surface area contributed by atoms with Crippen molar-refractivity contribution in [3.8, 4) is 0 Å². The van der Waals surface area contributed by atoms with Gasteiger partial charge >= 0.3 is 6.03 Å². The van der Waals surface area contributed by atoms with Gasteiger partial charge in [-0.05, 0) is 42.5 Å². The first-order valence-corrected chi connectivity index (χ1v) is 10.8. The first kappa shape index (κ1) is 21.6. The molecule has 1 aliphatic rings. The van der Waals surface area contributed by atoms with Gasteiger partial charge in [-0.15, -0.1) is 0 Å². The Morgan fingerprint density at radius 1 is 1.10 bits per heavy atom. The SMILES string of the molecule is CC(=O)NS(=O)(=O)c1ccc(NC(=O)CN2CCN(c3cccc(Cl)c3)C2=O)cc1. The molecule has 0 bridgehead atoms. The van der Waals surface area contributed by atoms with E-state index in [0.29, 0.717) is 29.5 Å². The predicted molar refractivity (Wildman–Crippen MR) is 112 cm³/mol. The zero-order valence-electron chi connectivity index (χ0n) is 16.0. The van der Waals surface area contributed by atoms with Crippen molar-refractivity contribution in [2.75, 3.05) is 29.9 Å². The minimum absolute atomic E-state index is 0.109. The van der Waals surface area contributed by atoms with Crippen molar-refractivity contribution >= 4 is 50.8 Å². The van der Waals surface area contributed by atoms with Crippen molar-refractivity contribution in [2.45, 2.75) is 11.8 Å². The Kier molecular flexibility index (Phi) is 6.28. The highest BCUT2D eigenvalue weighted by atomic mass is 35.5. The molecule has 2 aromatic carbocycles. The zero-order valence-corrected chi connectivity index (χ0v) is 17.5. The lowest BCUT2D eigenvalue weighted by atomic mass is 10.3. The average molecular weight is 451 g/mol. The van der Waals surface area contributed by atoms with Gasteiger partial charge in [0.1, 0.15) is 6.54 Å². The van der Waals surface area contributed by atoms with E-state index in [2.05, 4.69) is 5.32 Å². The maximum Gasteiger partial charge on any atom is 0.325 e. The fraction of sp³-hybridized carbons (Fsp3) is 0.211. The zero-order chi connectivity index (χ0) is 21.9. The second-order valence-corrected chi connectivity index (χ2v) is 8.69. The molecular formula is C19H19ClN4O5S. The Balaban J connectivity index is 1.59. The number of carbonyl (C=O) groups excluding carboxylic acids is 3. The van der Waals surface area contributed by atoms with Crippen LogP contribution in [-0.2, 0) is 19.6 Å². The second-order valence-electron chi connectivity index (χ2n) is 6.57. The smallest absolute Gasteiger partial charge is 0.325 e. The van der Waals surface area contributed by atoms with Gasteiger partial charge in [0.25, 0.3) is 10.0 Å². The van der Waals surface area contributed by atoms with Gasteiger partial charge in [0.05, 0.1) is 4.90 Å². The summed E-state index contributed by atoms with van der Waals surface area (Å²) in [5.41, 5.74) is 1.02. The summed E-state index contributed by atoms with van der Waals surface area (Å²) >= 11 is 5.97. The molecule has 0 unspecified atom stereocenters. The highest BCUT2D eigenvalue weighted by molar-refractivity contribution is 7.90. The van der Waals surface area contributed by atoms with Gasteiger partial charge in [-0.2, -0.15) is 0 Å². The number of rotatable bonds is 6. The van der Waals surface area contributed by atoms with Gasteiger partial charge < -0.3 is 10.2 Å². The number of hydrogen-bond acceptors (Lipinski definition) is 5. The standard InChI is InChI=1S/C19H19ClN4O5S/c1-13(25)22-30(28,29)17-7-5-15(6-8-17)21-18(26)12-23-9-10-24(19(23)27)16-4-2-3-14(20)11-16/h2-8,11H,9-10,12H2,1H3,(H,21,26)(H,22,25). The molecule has 0 radical (unpaired) electrons. The first-order chi connectivity index (χ1) is 14.2. The van der Waals surface area contributed by atoms with Crippen LogP contribution in [0.25, 0.3) is 0 Å². The van der Waals surface area contributed by atoms with E-state index in [-0.39, 0.29) is 17.5 Å². The molecule has 158 valence electrons. The molecule has 1 heterocycles. The van der Waals surface area contributed by atoms with E-state index in [1.54, 1.807) is 29.2 Å². The fourth-order valence-electron chi connectivity index (χ4n) is 2.95. The van der Waals surface area contributed by atoms with Crippen molar-refractivity contribution in [3.63, 3.8) is 0 Å². The summed E-state index contributed by atoms with van der Waals surface area (Å²) in [6.07, 6.45) is 0. The van der Waals surface area contributed by atoms with Crippen LogP contribution in [0.15, 0.2) is 53.4 Å². The molecule has 0 aromatic heterocycles. The van der Waals surface area contributed by atoms with Gasteiger partial charge in [-0.3, -0.25) is 14.5 Å². The molecule has 30 heavy (non-hydrogen) atoms. The topological polar surface area (TPSA) is 116 Å². The highest BCUT2D eigenvalue weighted by Gasteiger charge is 2.31. The van der Waals surface area contributed by atoms with Crippen molar-refractivity contribution in [1.29, 1.82) is 0 Å². The van der Waals surface area contributed by atoms with Crippen LogP contribution >= 0.6 is 11.6 Å². The Labute approximate surface area is 178 Å². The van der Waals surface area contributed by atoms with Crippen LogP contribution in [0.2, 0.25) is 5.02 Å². The lowest BCUT2D eigenvalue weighted by Gasteiger charge is -2.18. The molecule has 1 fully saturated rings. The Morgan fingerprint density at radius 3 is 2.43 bits per heavy atom. The van der Waals surface area contributed by atoms with E-state index in [1.807, 2.05) is 4.72 Å². The third-order valence-electron chi connectivity index (χ3n) is 4.28. The van der Waals surface area contributed by atoms with E-state index < -0.39 is 21.8 Å². The van der Waals surface area contributed by atoms with Crippen molar-refractivity contribution < 1.29 is 22.8 Å². The number of anilines is 2. The van der Waals surface area contributed by atoms with E-state index in [4.69, 9.17) is 11.6 Å². The number of hydrogen-bond donors (Lipinski definition) is 2. The van der Waals surface area contributed by atoms with Crippen LogP contribution in [0, 0.1) is 0 Å². The summed E-state index contributed by atoms with van der Waals surface area (Å²) in [6, 6.07) is 11.9. The summed E-state index contributed by atoms with van der Waals surface area (Å²) in [5.74, 6) is -1.12. The number of amides is 4. The number of halogens is 1. The maximum absolute atomic E-state index is 12.6. The number of benzene rings is 2. The number of nitrogens with zero attached hydrogens (tertiary/aromatic N) is 2. The van der Waals surface area contributed by atoms with E-state index in [1.165, 1.54) is 29.2 Å². The Bertz CT molecular complexity index is 1090. The third kappa shape index (κ3) is 5.08. The lowest BCUT2D eigenvalue weighted by Crippen LogP contribution is -2.37. The molecule has 1 saturated heterocycles. The summed E-state index contributed by atoms with van der Waals surface area (Å²) < 4.78 is 25.7. The lowest BCUT2D eigenvalue weighted by molar-refractivity contribution is -0.117. The van der Waals surface area contributed by atoms with Crippen LogP contribution < -0.4 is 14.9 Å². The van der Waals surface area contributed by atoms with Crippen LogP contribution in [0.5, 0.6) is 0 Å². The average Bonchev–Trinajstić information content (AvgIpc) is 3.01. The monoisotopic (exact) mass is 450 g/mol. The highest BCUT2D eigenvalue weighted by Crippen LogP contribution is 2.23. The molecule has 0 aliphatic carbocycles. The summed E-state index contributed by atoms with van der Waals surface area (Å²) in [6.45, 7) is 1.76. The number of urea groups is 1. The van der Waals surface area contributed by atoms with Crippen LogP contribution in [0.4, 0.5) is 16.2 Å². The third-order valence-corrected chi connectivity index (χ3v) is 5.96. The van der Waals surface area contributed by atoms with Crippen LogP contribution in [0.3, 0.4) is 0 Å². The minimum Gasteiger partial charge on any atom is -0.325 e. The molecule has 2 aromatic rings. The molecule has 1 aliphatic heterocycles. The van der Waals surface area contributed by atoms with Crippen LogP contribution in [-0.4, -0.2) is 50.8 Å². The molecule has 0 spiro atoms. The molecule has 2 N–H and O–H groups in total. The fourth-order valence-corrected chi connectivity index (χ4v) is 4.13. The van der Waals surface area contributed by atoms with Crippen molar-refractivity contribution in [2.24, 2.45) is 0 Å². The first-order valence-electron chi connectivity index (χ1n) is 8.91. The quantitative estimate of drug-likeness (QED) is 0.698. The molecule has 11 heteroatoms. The van der Waals surface area contributed by atoms with Gasteiger partial charge in [0, 0.05) is 36.4 Å². The minimum atomic E-state index is -3.95. The molecule has 3 rings (SSSR count). The Hall–Kier alpha value is -3.11. The van der Waals surface area contributed by atoms with Crippen LogP contribution in [0.1, 0.15) is 6.92 Å². The van der Waals surface area contributed by atoms with Crippen molar-refractivity contribution in [3.05, 3.63) is 53.6 Å². The molecule has 9 nitrogen and oxygen atoms in total. The van der Waals surface area contributed by atoms with E-state index >= 15 is 0 Å². The molecular weight excluding hydrogens is 432 g/mol. The van der Waals surface area contributed by atoms with E-state index in [9.17, 15) is 22.8 Å². The second kappa shape index (κ2) is 8.72.